The van der Waals surface area contributed by atoms with E-state index >= 15 is 0 Å². The van der Waals surface area contributed by atoms with Crippen molar-refractivity contribution in [2.45, 2.75) is 59.4 Å². The van der Waals surface area contributed by atoms with Gasteiger partial charge in [-0.3, -0.25) is 4.79 Å². The van der Waals surface area contributed by atoms with Crippen LogP contribution in [0.2, 0.25) is 0 Å². The maximum Gasteiger partial charge on any atom is 0.407 e. The third-order valence-electron chi connectivity index (χ3n) is 3.43. The largest absolute Gasteiger partial charge is 0.465 e. The first-order valence-electron chi connectivity index (χ1n) is 6.53. The molecule has 0 aromatic heterocycles. The number of amides is 1. The molecule has 0 aromatic carbocycles. The Morgan fingerprint density at radius 2 is 1.89 bits per heavy atom. The first-order chi connectivity index (χ1) is 8.01. The number of hydrogen-bond donors (Lipinski definition) is 1. The molecule has 1 heterocycles. The summed E-state index contributed by atoms with van der Waals surface area (Å²) in [4.78, 5) is 24.5. The Labute approximate surface area is 109 Å². The van der Waals surface area contributed by atoms with Gasteiger partial charge in [-0.2, -0.15) is 0 Å². The van der Waals surface area contributed by atoms with E-state index in [9.17, 15) is 9.59 Å². The van der Waals surface area contributed by atoms with Crippen LogP contribution in [0.25, 0.3) is 0 Å². The number of Topliss-reactive ketones (excluding diaryl/α,β-unsaturated/α-hetero) is 1. The number of carbonyl (C=O) groups excluding carboxylic acids is 1. The van der Waals surface area contributed by atoms with Crippen molar-refractivity contribution in [3.8, 4) is 0 Å². The minimum Gasteiger partial charge on any atom is -0.465 e. The van der Waals surface area contributed by atoms with E-state index in [-0.39, 0.29) is 22.7 Å². The lowest BCUT2D eigenvalue weighted by Gasteiger charge is -2.28. The first kappa shape index (κ1) is 15.0. The second kappa shape index (κ2) is 4.90. The van der Waals surface area contributed by atoms with Crippen molar-refractivity contribution >= 4 is 11.9 Å². The van der Waals surface area contributed by atoms with Crippen LogP contribution in [0.3, 0.4) is 0 Å². The molecule has 0 radical (unpaired) electrons. The van der Waals surface area contributed by atoms with Crippen molar-refractivity contribution in [2.75, 3.05) is 6.54 Å². The number of carboxylic acid groups (broad SMARTS) is 1. The smallest absolute Gasteiger partial charge is 0.407 e. The van der Waals surface area contributed by atoms with Gasteiger partial charge >= 0.3 is 6.09 Å². The lowest BCUT2D eigenvalue weighted by atomic mass is 9.85. The lowest BCUT2D eigenvalue weighted by molar-refractivity contribution is -0.121. The minimum atomic E-state index is -0.884. The molecule has 1 aliphatic heterocycles. The van der Waals surface area contributed by atoms with Crippen molar-refractivity contribution in [3.05, 3.63) is 0 Å². The fraction of sp³-hybridized carbons (Fsp3) is 0.857. The van der Waals surface area contributed by atoms with Crippen molar-refractivity contribution in [1.29, 1.82) is 0 Å². The topological polar surface area (TPSA) is 57.6 Å². The highest BCUT2D eigenvalue weighted by Crippen LogP contribution is 2.35. The summed E-state index contributed by atoms with van der Waals surface area (Å²) in [6.07, 6.45) is 0.960. The lowest BCUT2D eigenvalue weighted by Crippen LogP contribution is -2.41. The summed E-state index contributed by atoms with van der Waals surface area (Å²) >= 11 is 0. The van der Waals surface area contributed by atoms with Crippen molar-refractivity contribution in [2.24, 2.45) is 11.3 Å². The van der Waals surface area contributed by atoms with Crippen LogP contribution < -0.4 is 0 Å². The van der Waals surface area contributed by atoms with Gasteiger partial charge in [-0.1, -0.05) is 20.8 Å². The molecule has 0 spiro atoms. The predicted octanol–water partition coefficient (Wildman–Crippen LogP) is 3.16. The number of likely N-dealkylation sites (tertiary alicyclic amines) is 1. The second-order valence-corrected chi connectivity index (χ2v) is 7.26. The molecule has 0 unspecified atom stereocenters. The zero-order valence-electron chi connectivity index (χ0n) is 12.1. The molecule has 1 N–H and O–H groups in total. The van der Waals surface area contributed by atoms with Crippen LogP contribution >= 0.6 is 0 Å². The van der Waals surface area contributed by atoms with Crippen molar-refractivity contribution < 1.29 is 14.7 Å². The van der Waals surface area contributed by atoms with Gasteiger partial charge in [0.05, 0.1) is 0 Å². The van der Waals surface area contributed by atoms with Crippen LogP contribution in [0.1, 0.15) is 53.9 Å². The number of ketones is 1. The highest BCUT2D eigenvalue weighted by Gasteiger charge is 2.41. The molecule has 1 fully saturated rings. The average Bonchev–Trinajstić information content (AvgIpc) is 2.36. The maximum absolute atomic E-state index is 11.9. The molecule has 0 bridgehead atoms. The summed E-state index contributed by atoms with van der Waals surface area (Å²) in [7, 11) is 0. The zero-order chi connectivity index (χ0) is 14.1. The highest BCUT2D eigenvalue weighted by molar-refractivity contribution is 5.79. The fourth-order valence-corrected chi connectivity index (χ4v) is 2.85. The quantitative estimate of drug-likeness (QED) is 0.842. The van der Waals surface area contributed by atoms with E-state index in [2.05, 4.69) is 0 Å². The third-order valence-corrected chi connectivity index (χ3v) is 3.43. The van der Waals surface area contributed by atoms with Gasteiger partial charge in [0.15, 0.2) is 0 Å². The summed E-state index contributed by atoms with van der Waals surface area (Å²) in [6.45, 7) is 10.5. The Hall–Kier alpha value is -1.06. The van der Waals surface area contributed by atoms with Gasteiger partial charge in [0.1, 0.15) is 5.78 Å². The van der Waals surface area contributed by atoms with Crippen LogP contribution in [0.15, 0.2) is 0 Å². The predicted molar refractivity (Wildman–Crippen MR) is 70.6 cm³/mol. The van der Waals surface area contributed by atoms with E-state index in [0.717, 1.165) is 6.42 Å². The maximum atomic E-state index is 11.9. The molecule has 18 heavy (non-hydrogen) atoms. The molecular weight excluding hydrogens is 230 g/mol. The molecule has 0 aliphatic carbocycles. The zero-order valence-corrected chi connectivity index (χ0v) is 12.1. The normalized spacial score (nSPS) is 23.2. The fourth-order valence-electron chi connectivity index (χ4n) is 2.85. The van der Waals surface area contributed by atoms with E-state index in [1.54, 1.807) is 0 Å². The Morgan fingerprint density at radius 1 is 1.33 bits per heavy atom. The molecule has 1 saturated heterocycles. The number of rotatable bonds is 3. The van der Waals surface area contributed by atoms with Crippen LogP contribution in [-0.4, -0.2) is 34.0 Å². The molecule has 4 heteroatoms. The molecular formula is C14H25NO3. The van der Waals surface area contributed by atoms with Gasteiger partial charge < -0.3 is 10.0 Å². The minimum absolute atomic E-state index is 0.0116. The van der Waals surface area contributed by atoms with Gasteiger partial charge in [-0.25, -0.2) is 4.79 Å². The molecule has 4 nitrogen and oxygen atoms in total. The molecule has 1 amide bonds. The molecule has 0 saturated carbocycles. The Morgan fingerprint density at radius 3 is 2.28 bits per heavy atom. The van der Waals surface area contributed by atoms with Crippen LogP contribution in [0.4, 0.5) is 4.79 Å². The summed E-state index contributed by atoms with van der Waals surface area (Å²) < 4.78 is 0. The van der Waals surface area contributed by atoms with Gasteiger partial charge in [0, 0.05) is 24.9 Å². The number of hydrogen-bond acceptors (Lipinski definition) is 2. The van der Waals surface area contributed by atoms with Crippen LogP contribution in [-0.2, 0) is 4.79 Å². The van der Waals surface area contributed by atoms with E-state index in [1.807, 2.05) is 34.6 Å². The first-order valence-corrected chi connectivity index (χ1v) is 6.53. The Kier molecular flexibility index (Phi) is 4.08. The standard InChI is InChI=1S/C14H25NO3/c1-13(2,3)8-11(16)6-10-7-14(4,5)15(9-10)12(17)18/h10H,6-9H2,1-5H3,(H,17,18)/t10-/m0/s1. The second-order valence-electron chi connectivity index (χ2n) is 7.26. The van der Waals surface area contributed by atoms with E-state index < -0.39 is 6.09 Å². The van der Waals surface area contributed by atoms with E-state index in [1.165, 1.54) is 4.90 Å². The van der Waals surface area contributed by atoms with Crippen LogP contribution in [0.5, 0.6) is 0 Å². The third kappa shape index (κ3) is 4.00. The van der Waals surface area contributed by atoms with Gasteiger partial charge in [0.25, 0.3) is 0 Å². The molecule has 1 atom stereocenters. The Balaban J connectivity index is 2.57. The number of nitrogens with zero attached hydrogens (tertiary/aromatic N) is 1. The van der Waals surface area contributed by atoms with Gasteiger partial charge in [0.2, 0.25) is 0 Å². The summed E-state index contributed by atoms with van der Waals surface area (Å²) in [5.41, 5.74) is -0.337. The van der Waals surface area contributed by atoms with Gasteiger partial charge in [-0.15, -0.1) is 0 Å². The SMILES string of the molecule is CC(C)(C)CC(=O)C[C@@H]1CN(C(=O)O)C(C)(C)C1. The van der Waals surface area contributed by atoms with Crippen LogP contribution in [0, 0.1) is 11.3 Å². The average molecular weight is 255 g/mol. The van der Waals surface area contributed by atoms with E-state index in [4.69, 9.17) is 5.11 Å². The van der Waals surface area contributed by atoms with Crippen molar-refractivity contribution in [1.82, 2.24) is 4.90 Å². The molecule has 1 aliphatic rings. The monoisotopic (exact) mass is 255 g/mol. The summed E-state index contributed by atoms with van der Waals surface area (Å²) in [6, 6.07) is 0. The molecule has 1 rings (SSSR count). The van der Waals surface area contributed by atoms with E-state index in [0.29, 0.717) is 19.4 Å². The Bertz CT molecular complexity index is 341. The summed E-state index contributed by atoms with van der Waals surface area (Å²) in [5, 5.41) is 9.13. The number of carbonyl (C=O) groups is 2. The molecule has 104 valence electrons. The highest BCUT2D eigenvalue weighted by atomic mass is 16.4. The van der Waals surface area contributed by atoms with Crippen molar-refractivity contribution in [3.63, 3.8) is 0 Å². The molecule has 0 aromatic rings. The van der Waals surface area contributed by atoms with Gasteiger partial charge in [-0.05, 0) is 31.6 Å². The summed E-state index contributed by atoms with van der Waals surface area (Å²) in [5.74, 6) is 0.418.